The Morgan fingerprint density at radius 3 is 2.56 bits per heavy atom. The Labute approximate surface area is 150 Å². The van der Waals surface area contributed by atoms with Crippen LogP contribution in [0.3, 0.4) is 0 Å². The van der Waals surface area contributed by atoms with Crippen molar-refractivity contribution in [3.05, 3.63) is 30.3 Å². The summed E-state index contributed by atoms with van der Waals surface area (Å²) in [6, 6.07) is 10.4. The van der Waals surface area contributed by atoms with E-state index in [0.29, 0.717) is 6.42 Å². The van der Waals surface area contributed by atoms with Crippen molar-refractivity contribution in [2.75, 3.05) is 24.5 Å². The van der Waals surface area contributed by atoms with Gasteiger partial charge in [0.2, 0.25) is 5.91 Å². The van der Waals surface area contributed by atoms with Gasteiger partial charge >= 0.3 is 0 Å². The normalized spacial score (nSPS) is 21.7. The summed E-state index contributed by atoms with van der Waals surface area (Å²) in [7, 11) is 0. The first-order valence-electron chi connectivity index (χ1n) is 9.52. The Morgan fingerprint density at radius 2 is 1.96 bits per heavy atom. The summed E-state index contributed by atoms with van der Waals surface area (Å²) in [6.07, 6.45) is 4.70. The zero-order chi connectivity index (χ0) is 17.6. The molecule has 0 saturated carbocycles. The van der Waals surface area contributed by atoms with E-state index in [1.54, 1.807) is 0 Å². The van der Waals surface area contributed by atoms with Gasteiger partial charge in [-0.3, -0.25) is 9.69 Å². The molecule has 3 rings (SSSR count). The van der Waals surface area contributed by atoms with E-state index in [2.05, 4.69) is 17.0 Å². The van der Waals surface area contributed by atoms with Gasteiger partial charge in [0.15, 0.2) is 0 Å². The molecule has 136 valence electrons. The Balaban J connectivity index is 1.56. The Kier molecular flexibility index (Phi) is 6.08. The molecule has 0 bridgehead atoms. The van der Waals surface area contributed by atoms with E-state index < -0.39 is 0 Å². The average molecular weight is 343 g/mol. The first-order chi connectivity index (χ1) is 12.2. The van der Waals surface area contributed by atoms with Crippen molar-refractivity contribution in [3.63, 3.8) is 0 Å². The van der Waals surface area contributed by atoms with E-state index in [1.807, 2.05) is 42.2 Å². The number of benzene rings is 1. The van der Waals surface area contributed by atoms with Crippen molar-refractivity contribution in [2.45, 2.75) is 58.1 Å². The summed E-state index contributed by atoms with van der Waals surface area (Å²) < 4.78 is 0. The second-order valence-corrected chi connectivity index (χ2v) is 6.93. The van der Waals surface area contributed by atoms with E-state index in [0.717, 1.165) is 51.0 Å². The minimum Gasteiger partial charge on any atom is -0.391 e. The maximum Gasteiger partial charge on any atom is 0.226 e. The van der Waals surface area contributed by atoms with E-state index in [4.69, 9.17) is 4.84 Å². The van der Waals surface area contributed by atoms with Crippen molar-refractivity contribution >= 4 is 17.3 Å². The van der Waals surface area contributed by atoms with Crippen LogP contribution in [0.5, 0.6) is 0 Å². The van der Waals surface area contributed by atoms with Crippen LogP contribution < -0.4 is 4.90 Å². The number of nitrogens with zero attached hydrogens (tertiary/aromatic N) is 3. The lowest BCUT2D eigenvalue weighted by Crippen LogP contribution is -2.48. The SMILES string of the molecule is CCC(=O)N(c1ccccc1)C1CCN(CC2CC(CC)=NO2)CC1. The fourth-order valence-corrected chi connectivity index (χ4v) is 3.76. The van der Waals surface area contributed by atoms with Gasteiger partial charge in [0, 0.05) is 44.2 Å². The van der Waals surface area contributed by atoms with Gasteiger partial charge in [0.05, 0.1) is 5.71 Å². The molecule has 0 aromatic heterocycles. The van der Waals surface area contributed by atoms with Crippen LogP contribution >= 0.6 is 0 Å². The molecule has 1 amide bonds. The topological polar surface area (TPSA) is 45.1 Å². The number of oxime groups is 1. The Morgan fingerprint density at radius 1 is 1.24 bits per heavy atom. The minimum absolute atomic E-state index is 0.203. The van der Waals surface area contributed by atoms with Gasteiger partial charge < -0.3 is 9.74 Å². The number of likely N-dealkylation sites (tertiary alicyclic amines) is 1. The molecule has 0 radical (unpaired) electrons. The summed E-state index contributed by atoms with van der Waals surface area (Å²) >= 11 is 0. The number of amides is 1. The lowest BCUT2D eigenvalue weighted by Gasteiger charge is -2.39. The van der Waals surface area contributed by atoms with Crippen molar-refractivity contribution in [2.24, 2.45) is 5.16 Å². The summed E-state index contributed by atoms with van der Waals surface area (Å²) in [5, 5.41) is 4.16. The third-order valence-electron chi connectivity index (χ3n) is 5.19. The van der Waals surface area contributed by atoms with E-state index >= 15 is 0 Å². The van der Waals surface area contributed by atoms with Crippen LogP contribution in [0.15, 0.2) is 35.5 Å². The van der Waals surface area contributed by atoms with Crippen LogP contribution in [-0.4, -0.2) is 48.3 Å². The molecule has 2 aliphatic rings. The van der Waals surface area contributed by atoms with E-state index in [1.165, 1.54) is 5.71 Å². The van der Waals surface area contributed by atoms with Gasteiger partial charge in [0.25, 0.3) is 0 Å². The summed E-state index contributed by atoms with van der Waals surface area (Å²) in [5.74, 6) is 0.213. The van der Waals surface area contributed by atoms with E-state index in [9.17, 15) is 4.79 Å². The molecule has 0 N–H and O–H groups in total. The molecular formula is C20H29N3O2. The van der Waals surface area contributed by atoms with E-state index in [-0.39, 0.29) is 18.1 Å². The van der Waals surface area contributed by atoms with Gasteiger partial charge in [0.1, 0.15) is 6.10 Å². The predicted octanol–water partition coefficient (Wildman–Crippen LogP) is 3.45. The quantitative estimate of drug-likeness (QED) is 0.795. The molecule has 2 heterocycles. The maximum atomic E-state index is 12.5. The summed E-state index contributed by atoms with van der Waals surface area (Å²) in [4.78, 5) is 22.5. The molecule has 0 aliphatic carbocycles. The lowest BCUT2D eigenvalue weighted by atomic mass is 10.0. The molecule has 1 aromatic carbocycles. The fourth-order valence-electron chi connectivity index (χ4n) is 3.76. The Bertz CT molecular complexity index is 594. The average Bonchev–Trinajstić information content (AvgIpc) is 3.11. The molecule has 1 aromatic rings. The molecule has 5 nitrogen and oxygen atoms in total. The van der Waals surface area contributed by atoms with Crippen LogP contribution in [0.1, 0.15) is 46.0 Å². The molecule has 5 heteroatoms. The monoisotopic (exact) mass is 343 g/mol. The van der Waals surface area contributed by atoms with Crippen LogP contribution in [-0.2, 0) is 9.63 Å². The number of piperidine rings is 1. The van der Waals surface area contributed by atoms with Crippen molar-refractivity contribution in [1.82, 2.24) is 4.90 Å². The highest BCUT2D eigenvalue weighted by molar-refractivity contribution is 5.93. The number of carbonyl (C=O) groups excluding carboxylic acids is 1. The number of carbonyl (C=O) groups is 1. The lowest BCUT2D eigenvalue weighted by molar-refractivity contribution is -0.119. The number of anilines is 1. The molecule has 1 unspecified atom stereocenters. The largest absolute Gasteiger partial charge is 0.391 e. The second kappa shape index (κ2) is 8.48. The predicted molar refractivity (Wildman–Crippen MR) is 101 cm³/mol. The molecule has 25 heavy (non-hydrogen) atoms. The summed E-state index contributed by atoms with van der Waals surface area (Å²) in [6.45, 7) is 7.01. The van der Waals surface area contributed by atoms with Gasteiger partial charge in [-0.05, 0) is 31.4 Å². The second-order valence-electron chi connectivity index (χ2n) is 6.93. The Hall–Kier alpha value is -1.88. The maximum absolute atomic E-state index is 12.5. The van der Waals surface area contributed by atoms with Crippen molar-refractivity contribution < 1.29 is 9.63 Å². The first-order valence-corrected chi connectivity index (χ1v) is 9.52. The van der Waals surface area contributed by atoms with Crippen LogP contribution in [0, 0.1) is 0 Å². The summed E-state index contributed by atoms with van der Waals surface area (Å²) in [5.41, 5.74) is 2.19. The molecular weight excluding hydrogens is 314 g/mol. The molecule has 2 aliphatic heterocycles. The van der Waals surface area contributed by atoms with Gasteiger partial charge in [-0.2, -0.15) is 0 Å². The number of rotatable bonds is 6. The van der Waals surface area contributed by atoms with Crippen LogP contribution in [0.4, 0.5) is 5.69 Å². The number of hydrogen-bond acceptors (Lipinski definition) is 4. The zero-order valence-electron chi connectivity index (χ0n) is 15.4. The minimum atomic E-state index is 0.203. The smallest absolute Gasteiger partial charge is 0.226 e. The standard InChI is InChI=1S/C20H29N3O2/c1-3-16-14-19(25-21-16)15-22-12-10-18(11-13-22)23(20(24)4-2)17-8-6-5-7-9-17/h5-9,18-19H,3-4,10-15H2,1-2H3. The highest BCUT2D eigenvalue weighted by Gasteiger charge is 2.30. The first kappa shape index (κ1) is 17.9. The fraction of sp³-hybridized carbons (Fsp3) is 0.600. The van der Waals surface area contributed by atoms with Crippen molar-refractivity contribution in [1.29, 1.82) is 0 Å². The number of para-hydroxylation sites is 1. The third-order valence-corrected chi connectivity index (χ3v) is 5.19. The zero-order valence-corrected chi connectivity index (χ0v) is 15.4. The third kappa shape index (κ3) is 4.40. The van der Waals surface area contributed by atoms with Crippen molar-refractivity contribution in [3.8, 4) is 0 Å². The van der Waals surface area contributed by atoms with Crippen LogP contribution in [0.2, 0.25) is 0 Å². The molecule has 0 spiro atoms. The molecule has 1 saturated heterocycles. The van der Waals surface area contributed by atoms with Gasteiger partial charge in [-0.15, -0.1) is 0 Å². The number of hydrogen-bond donors (Lipinski definition) is 0. The van der Waals surface area contributed by atoms with Gasteiger partial charge in [-0.1, -0.05) is 37.2 Å². The van der Waals surface area contributed by atoms with Gasteiger partial charge in [-0.25, -0.2) is 0 Å². The molecule has 1 fully saturated rings. The highest BCUT2D eigenvalue weighted by Crippen LogP contribution is 2.25. The van der Waals surface area contributed by atoms with Crippen LogP contribution in [0.25, 0.3) is 0 Å². The highest BCUT2D eigenvalue weighted by atomic mass is 16.6. The molecule has 1 atom stereocenters.